The van der Waals surface area contributed by atoms with Gasteiger partial charge in [0.2, 0.25) is 4.96 Å². The Labute approximate surface area is 122 Å². The molecule has 8 heteroatoms. The van der Waals surface area contributed by atoms with Gasteiger partial charge in [-0.05, 0) is 25.1 Å². The van der Waals surface area contributed by atoms with E-state index in [1.165, 1.54) is 34.1 Å². The van der Waals surface area contributed by atoms with Gasteiger partial charge in [-0.3, -0.25) is 4.79 Å². The van der Waals surface area contributed by atoms with E-state index in [-0.39, 0.29) is 10.9 Å². The number of aromatic nitrogens is 3. The summed E-state index contributed by atoms with van der Waals surface area (Å²) in [5.74, 6) is -0.907. The minimum atomic E-state index is -0.535. The van der Waals surface area contributed by atoms with Crippen molar-refractivity contribution in [3.05, 3.63) is 45.9 Å². The van der Waals surface area contributed by atoms with Crippen LogP contribution in [0.15, 0.2) is 23.7 Å². The number of benzene rings is 1. The zero-order valence-corrected chi connectivity index (χ0v) is 11.8. The van der Waals surface area contributed by atoms with Gasteiger partial charge in [-0.25, -0.2) is 9.37 Å². The van der Waals surface area contributed by atoms with E-state index in [0.717, 1.165) is 0 Å². The topological polar surface area (TPSA) is 59.3 Å². The summed E-state index contributed by atoms with van der Waals surface area (Å²) in [6.07, 6.45) is 0. The lowest BCUT2D eigenvalue weighted by Gasteiger charge is -2.05. The van der Waals surface area contributed by atoms with Crippen LogP contribution in [0.25, 0.3) is 4.96 Å². The number of amides is 1. The number of halogens is 2. The Kier molecular flexibility index (Phi) is 3.15. The summed E-state index contributed by atoms with van der Waals surface area (Å²) < 4.78 is 14.5. The summed E-state index contributed by atoms with van der Waals surface area (Å²) in [6, 6.07) is 3.98. The molecule has 0 aliphatic rings. The SMILES string of the molecule is Cc1nc2scnn2c1C(=O)Nc1ccc(F)c(Cl)c1. The summed E-state index contributed by atoms with van der Waals surface area (Å²) in [5, 5.41) is 6.66. The molecule has 2 heterocycles. The van der Waals surface area contributed by atoms with Crippen molar-refractivity contribution in [2.24, 2.45) is 0 Å². The molecule has 1 amide bonds. The third-order valence-corrected chi connectivity index (χ3v) is 3.68. The number of rotatable bonds is 2. The second kappa shape index (κ2) is 4.84. The van der Waals surface area contributed by atoms with Crippen LogP contribution in [0.4, 0.5) is 10.1 Å². The summed E-state index contributed by atoms with van der Waals surface area (Å²) >= 11 is 7.02. The van der Waals surface area contributed by atoms with E-state index in [0.29, 0.717) is 22.0 Å². The van der Waals surface area contributed by atoms with Gasteiger partial charge in [0, 0.05) is 5.69 Å². The summed E-state index contributed by atoms with van der Waals surface area (Å²) in [4.78, 5) is 17.1. The van der Waals surface area contributed by atoms with E-state index in [9.17, 15) is 9.18 Å². The van der Waals surface area contributed by atoms with Gasteiger partial charge in [0.1, 0.15) is 11.3 Å². The molecule has 0 aliphatic heterocycles. The van der Waals surface area contributed by atoms with Crippen molar-refractivity contribution in [3.63, 3.8) is 0 Å². The van der Waals surface area contributed by atoms with Crippen molar-refractivity contribution in [1.82, 2.24) is 14.6 Å². The van der Waals surface area contributed by atoms with Crippen molar-refractivity contribution in [3.8, 4) is 0 Å². The minimum absolute atomic E-state index is 0.0494. The van der Waals surface area contributed by atoms with Gasteiger partial charge in [-0.15, -0.1) is 0 Å². The fourth-order valence-electron chi connectivity index (χ4n) is 1.82. The number of aryl methyl sites for hydroxylation is 1. The maximum atomic E-state index is 13.1. The first-order valence-corrected chi connectivity index (χ1v) is 6.87. The minimum Gasteiger partial charge on any atom is -0.321 e. The highest BCUT2D eigenvalue weighted by Gasteiger charge is 2.18. The van der Waals surface area contributed by atoms with Crippen LogP contribution >= 0.6 is 22.9 Å². The van der Waals surface area contributed by atoms with Crippen molar-refractivity contribution >= 4 is 39.5 Å². The average molecular weight is 311 g/mol. The molecular formula is C12H8ClFN4OS. The summed E-state index contributed by atoms with van der Waals surface area (Å²) in [7, 11) is 0. The molecule has 1 aromatic carbocycles. The molecule has 2 aromatic heterocycles. The third kappa shape index (κ3) is 2.14. The molecule has 0 unspecified atom stereocenters. The smallest absolute Gasteiger partial charge is 0.276 e. The molecule has 0 atom stereocenters. The number of carbonyl (C=O) groups is 1. The second-order valence-corrected chi connectivity index (χ2v) is 5.28. The predicted octanol–water partition coefficient (Wildman–Crippen LogP) is 3.14. The lowest BCUT2D eigenvalue weighted by Crippen LogP contribution is -2.16. The first-order chi connectivity index (χ1) is 9.56. The Morgan fingerprint density at radius 1 is 1.50 bits per heavy atom. The van der Waals surface area contributed by atoms with Crippen molar-refractivity contribution < 1.29 is 9.18 Å². The molecule has 3 aromatic rings. The zero-order valence-electron chi connectivity index (χ0n) is 10.2. The summed E-state index contributed by atoms with van der Waals surface area (Å²) in [5.41, 5.74) is 2.94. The number of hydrogen-bond donors (Lipinski definition) is 1. The van der Waals surface area contributed by atoms with Gasteiger partial charge in [-0.1, -0.05) is 22.9 Å². The van der Waals surface area contributed by atoms with E-state index in [4.69, 9.17) is 11.6 Å². The number of nitrogens with zero attached hydrogens (tertiary/aromatic N) is 3. The fraction of sp³-hybridized carbons (Fsp3) is 0.0833. The van der Waals surface area contributed by atoms with Crippen LogP contribution in [0.2, 0.25) is 5.02 Å². The fourth-order valence-corrected chi connectivity index (χ4v) is 2.66. The van der Waals surface area contributed by atoms with Crippen LogP contribution < -0.4 is 5.32 Å². The Hall–Kier alpha value is -1.99. The van der Waals surface area contributed by atoms with Gasteiger partial charge < -0.3 is 5.32 Å². The van der Waals surface area contributed by atoms with Crippen molar-refractivity contribution in [2.45, 2.75) is 6.92 Å². The number of carbonyl (C=O) groups excluding carboxylic acids is 1. The van der Waals surface area contributed by atoms with Crippen LogP contribution in [0.5, 0.6) is 0 Å². The van der Waals surface area contributed by atoms with Crippen molar-refractivity contribution in [2.75, 3.05) is 5.32 Å². The molecule has 0 saturated heterocycles. The van der Waals surface area contributed by atoms with E-state index >= 15 is 0 Å². The molecule has 5 nitrogen and oxygen atoms in total. The largest absolute Gasteiger partial charge is 0.321 e. The molecule has 0 fully saturated rings. The third-order valence-electron chi connectivity index (χ3n) is 2.71. The maximum Gasteiger partial charge on any atom is 0.276 e. The van der Waals surface area contributed by atoms with Gasteiger partial charge in [0.25, 0.3) is 5.91 Å². The number of imidazole rings is 1. The Bertz CT molecular complexity index is 813. The van der Waals surface area contributed by atoms with Crippen LogP contribution in [-0.4, -0.2) is 20.5 Å². The number of anilines is 1. The Morgan fingerprint density at radius 3 is 3.05 bits per heavy atom. The van der Waals surface area contributed by atoms with E-state index in [2.05, 4.69) is 15.4 Å². The van der Waals surface area contributed by atoms with E-state index in [1.54, 1.807) is 12.4 Å². The molecule has 102 valence electrons. The zero-order chi connectivity index (χ0) is 14.3. The Balaban J connectivity index is 1.94. The lowest BCUT2D eigenvalue weighted by atomic mass is 10.3. The van der Waals surface area contributed by atoms with Gasteiger partial charge in [-0.2, -0.15) is 9.61 Å². The molecule has 20 heavy (non-hydrogen) atoms. The highest BCUT2D eigenvalue weighted by Crippen LogP contribution is 2.21. The molecule has 0 saturated carbocycles. The Morgan fingerprint density at radius 2 is 2.30 bits per heavy atom. The normalized spacial score (nSPS) is 10.9. The van der Waals surface area contributed by atoms with Crippen LogP contribution in [0.1, 0.15) is 16.2 Å². The number of hydrogen-bond acceptors (Lipinski definition) is 4. The predicted molar refractivity (Wildman–Crippen MR) is 75.0 cm³/mol. The first kappa shape index (κ1) is 13.0. The molecule has 0 bridgehead atoms. The van der Waals surface area contributed by atoms with Gasteiger partial charge >= 0.3 is 0 Å². The lowest BCUT2D eigenvalue weighted by molar-refractivity contribution is 0.102. The molecule has 1 N–H and O–H groups in total. The van der Waals surface area contributed by atoms with Crippen molar-refractivity contribution in [1.29, 1.82) is 0 Å². The molecule has 3 rings (SSSR count). The van der Waals surface area contributed by atoms with E-state index < -0.39 is 5.82 Å². The quantitative estimate of drug-likeness (QED) is 0.791. The highest BCUT2D eigenvalue weighted by molar-refractivity contribution is 7.14. The van der Waals surface area contributed by atoms with E-state index in [1.807, 2.05) is 0 Å². The standard InChI is InChI=1S/C12H8ClFN4OS/c1-6-10(18-12(16-6)20-5-15-18)11(19)17-7-2-3-9(14)8(13)4-7/h2-5H,1H3,(H,17,19). The van der Waals surface area contributed by atoms with Crippen LogP contribution in [0, 0.1) is 12.7 Å². The molecular weight excluding hydrogens is 303 g/mol. The maximum absolute atomic E-state index is 13.1. The second-order valence-electron chi connectivity index (χ2n) is 4.06. The average Bonchev–Trinajstić information content (AvgIpc) is 2.93. The number of nitrogens with one attached hydrogen (secondary N) is 1. The van der Waals surface area contributed by atoms with Gasteiger partial charge in [0.05, 0.1) is 10.7 Å². The molecule has 0 radical (unpaired) electrons. The van der Waals surface area contributed by atoms with Gasteiger partial charge in [0.15, 0.2) is 5.69 Å². The van der Waals surface area contributed by atoms with Crippen LogP contribution in [0.3, 0.4) is 0 Å². The monoisotopic (exact) mass is 310 g/mol. The molecule has 0 spiro atoms. The summed E-state index contributed by atoms with van der Waals surface area (Å²) in [6.45, 7) is 1.73. The number of fused-ring (bicyclic) bond motifs is 1. The van der Waals surface area contributed by atoms with Crippen LogP contribution in [-0.2, 0) is 0 Å². The molecule has 0 aliphatic carbocycles. The first-order valence-electron chi connectivity index (χ1n) is 5.61. The highest BCUT2D eigenvalue weighted by atomic mass is 35.5.